The molecule has 2 nitrogen and oxygen atoms in total. The van der Waals surface area contributed by atoms with Crippen LogP contribution in [0.15, 0.2) is 36.4 Å². The van der Waals surface area contributed by atoms with Crippen molar-refractivity contribution in [3.63, 3.8) is 0 Å². The second-order valence-electron chi connectivity index (χ2n) is 3.51. The van der Waals surface area contributed by atoms with E-state index in [-0.39, 0.29) is 18.1 Å². The first kappa shape index (κ1) is 12.4. The normalized spacial score (nSPS) is 10.6. The van der Waals surface area contributed by atoms with Gasteiger partial charge >= 0.3 is 0 Å². The fourth-order valence-electron chi connectivity index (χ4n) is 1.36. The molecule has 0 aliphatic rings. The molecule has 0 heterocycles. The molecule has 0 atom stereocenters. The lowest BCUT2D eigenvalue weighted by Gasteiger charge is -2.03. The molecule has 0 saturated heterocycles. The smallest absolute Gasteiger partial charge is 0.224 e. The molecule has 0 fully saturated rings. The van der Waals surface area contributed by atoms with Gasteiger partial charge in [0.15, 0.2) is 0 Å². The average Bonchev–Trinajstić information content (AvgIpc) is 2.24. The van der Waals surface area contributed by atoms with E-state index in [1.807, 2.05) is 19.1 Å². The standard InChI is InChI=1S/C13H16FNO/c1-2-3-4-8-15-13(16)10-11-6-5-7-12(14)9-11/h2-3,5-7,9H,4,8,10H2,1H3,(H,15,16)/b3-2+. The van der Waals surface area contributed by atoms with Crippen LogP contribution in [0.5, 0.6) is 0 Å². The molecule has 3 heteroatoms. The maximum atomic E-state index is 12.8. The Hall–Kier alpha value is -1.64. The van der Waals surface area contributed by atoms with Crippen molar-refractivity contribution in [3.05, 3.63) is 47.8 Å². The predicted molar refractivity (Wildman–Crippen MR) is 62.5 cm³/mol. The minimum atomic E-state index is -0.306. The molecule has 0 saturated carbocycles. The highest BCUT2D eigenvalue weighted by Gasteiger charge is 2.02. The number of halogens is 1. The number of allylic oxidation sites excluding steroid dienone is 1. The van der Waals surface area contributed by atoms with Crippen LogP contribution in [0.4, 0.5) is 4.39 Å². The van der Waals surface area contributed by atoms with Gasteiger partial charge in [0.05, 0.1) is 6.42 Å². The summed E-state index contributed by atoms with van der Waals surface area (Å²) in [6, 6.07) is 6.10. The van der Waals surface area contributed by atoms with Crippen LogP contribution >= 0.6 is 0 Å². The van der Waals surface area contributed by atoms with Crippen LogP contribution in [0.25, 0.3) is 0 Å². The van der Waals surface area contributed by atoms with Gasteiger partial charge in [0.2, 0.25) is 5.91 Å². The molecule has 1 amide bonds. The molecule has 1 aromatic carbocycles. The fraction of sp³-hybridized carbons (Fsp3) is 0.308. The molecule has 0 aliphatic carbocycles. The molecule has 0 bridgehead atoms. The first-order valence-corrected chi connectivity index (χ1v) is 5.34. The minimum absolute atomic E-state index is 0.0740. The zero-order valence-electron chi connectivity index (χ0n) is 9.37. The van der Waals surface area contributed by atoms with Crippen molar-refractivity contribution in [3.8, 4) is 0 Å². The van der Waals surface area contributed by atoms with Gasteiger partial charge in [-0.15, -0.1) is 0 Å². The molecule has 1 N–H and O–H groups in total. The molecule has 0 unspecified atom stereocenters. The molecule has 1 aromatic rings. The lowest BCUT2D eigenvalue weighted by molar-refractivity contribution is -0.120. The van der Waals surface area contributed by atoms with E-state index in [1.165, 1.54) is 12.1 Å². The molecule has 86 valence electrons. The minimum Gasteiger partial charge on any atom is -0.356 e. The van der Waals surface area contributed by atoms with Gasteiger partial charge in [0.25, 0.3) is 0 Å². The lowest BCUT2D eigenvalue weighted by Crippen LogP contribution is -2.25. The van der Waals surface area contributed by atoms with Crippen molar-refractivity contribution in [2.24, 2.45) is 0 Å². The number of amides is 1. The molecule has 0 aliphatic heterocycles. The van der Waals surface area contributed by atoms with Gasteiger partial charge < -0.3 is 5.32 Å². The monoisotopic (exact) mass is 221 g/mol. The Kier molecular flexibility index (Phi) is 5.26. The summed E-state index contributed by atoms with van der Waals surface area (Å²) in [4.78, 5) is 11.4. The number of carbonyl (C=O) groups excluding carboxylic acids is 1. The average molecular weight is 221 g/mol. The van der Waals surface area contributed by atoms with E-state index < -0.39 is 0 Å². The third kappa shape index (κ3) is 4.73. The summed E-state index contributed by atoms with van der Waals surface area (Å²) in [5.74, 6) is -0.380. The summed E-state index contributed by atoms with van der Waals surface area (Å²) in [5.41, 5.74) is 0.698. The predicted octanol–water partition coefficient (Wildman–Crippen LogP) is 2.45. The van der Waals surface area contributed by atoms with Gasteiger partial charge in [0, 0.05) is 6.54 Å². The largest absolute Gasteiger partial charge is 0.356 e. The molecule has 0 radical (unpaired) electrons. The topological polar surface area (TPSA) is 29.1 Å². The summed E-state index contributed by atoms with van der Waals surface area (Å²) in [6.45, 7) is 2.56. The SMILES string of the molecule is C/C=C/CCNC(=O)Cc1cccc(F)c1. The Balaban J connectivity index is 2.34. The van der Waals surface area contributed by atoms with E-state index >= 15 is 0 Å². The van der Waals surface area contributed by atoms with Crippen molar-refractivity contribution < 1.29 is 9.18 Å². The van der Waals surface area contributed by atoms with E-state index in [0.29, 0.717) is 12.1 Å². The maximum absolute atomic E-state index is 12.8. The maximum Gasteiger partial charge on any atom is 0.224 e. The van der Waals surface area contributed by atoms with Gasteiger partial charge in [-0.3, -0.25) is 4.79 Å². The highest BCUT2D eigenvalue weighted by molar-refractivity contribution is 5.78. The third-order valence-corrected chi connectivity index (χ3v) is 2.12. The first-order chi connectivity index (χ1) is 7.72. The Bertz CT molecular complexity index is 374. The summed E-state index contributed by atoms with van der Waals surface area (Å²) >= 11 is 0. The number of hydrogen-bond acceptors (Lipinski definition) is 1. The molecule has 0 spiro atoms. The van der Waals surface area contributed by atoms with Crippen LogP contribution in [-0.4, -0.2) is 12.5 Å². The Morgan fingerprint density at radius 2 is 2.31 bits per heavy atom. The third-order valence-electron chi connectivity index (χ3n) is 2.12. The van der Waals surface area contributed by atoms with E-state index in [0.717, 1.165) is 6.42 Å². The summed E-state index contributed by atoms with van der Waals surface area (Å²) < 4.78 is 12.8. The summed E-state index contributed by atoms with van der Waals surface area (Å²) in [5, 5.41) is 2.77. The summed E-state index contributed by atoms with van der Waals surface area (Å²) in [6.07, 6.45) is 4.99. The van der Waals surface area contributed by atoms with E-state index in [4.69, 9.17) is 0 Å². The fourth-order valence-corrected chi connectivity index (χ4v) is 1.36. The van der Waals surface area contributed by atoms with Crippen molar-refractivity contribution in [2.45, 2.75) is 19.8 Å². The molecular weight excluding hydrogens is 205 g/mol. The molecule has 1 rings (SSSR count). The summed E-state index contributed by atoms with van der Waals surface area (Å²) in [7, 11) is 0. The van der Waals surface area contributed by atoms with Crippen LogP contribution in [0.1, 0.15) is 18.9 Å². The Morgan fingerprint density at radius 3 is 3.00 bits per heavy atom. The van der Waals surface area contributed by atoms with E-state index in [9.17, 15) is 9.18 Å². The Labute approximate surface area is 95.2 Å². The van der Waals surface area contributed by atoms with Gasteiger partial charge in [-0.2, -0.15) is 0 Å². The lowest BCUT2D eigenvalue weighted by atomic mass is 10.1. The zero-order chi connectivity index (χ0) is 11.8. The molecule has 16 heavy (non-hydrogen) atoms. The molecular formula is C13H16FNO. The van der Waals surface area contributed by atoms with Crippen molar-refractivity contribution in [1.82, 2.24) is 5.32 Å². The van der Waals surface area contributed by atoms with Gasteiger partial charge in [-0.05, 0) is 31.0 Å². The second-order valence-corrected chi connectivity index (χ2v) is 3.51. The molecule has 0 aromatic heterocycles. The van der Waals surface area contributed by atoms with Crippen molar-refractivity contribution in [1.29, 1.82) is 0 Å². The van der Waals surface area contributed by atoms with Gasteiger partial charge in [-0.1, -0.05) is 24.3 Å². The van der Waals surface area contributed by atoms with Crippen LogP contribution in [0, 0.1) is 5.82 Å². The Morgan fingerprint density at radius 1 is 1.50 bits per heavy atom. The van der Waals surface area contributed by atoms with Crippen LogP contribution < -0.4 is 5.32 Å². The van der Waals surface area contributed by atoms with Crippen LogP contribution in [0.2, 0.25) is 0 Å². The van der Waals surface area contributed by atoms with Crippen LogP contribution in [0.3, 0.4) is 0 Å². The highest BCUT2D eigenvalue weighted by Crippen LogP contribution is 2.03. The van der Waals surface area contributed by atoms with Gasteiger partial charge in [-0.25, -0.2) is 4.39 Å². The second kappa shape index (κ2) is 6.77. The number of benzene rings is 1. The van der Waals surface area contributed by atoms with E-state index in [1.54, 1.807) is 12.1 Å². The number of nitrogens with one attached hydrogen (secondary N) is 1. The van der Waals surface area contributed by atoms with Gasteiger partial charge in [0.1, 0.15) is 5.82 Å². The van der Waals surface area contributed by atoms with Crippen LogP contribution in [-0.2, 0) is 11.2 Å². The van der Waals surface area contributed by atoms with Crippen molar-refractivity contribution >= 4 is 5.91 Å². The first-order valence-electron chi connectivity index (χ1n) is 5.34. The zero-order valence-corrected chi connectivity index (χ0v) is 9.37. The number of hydrogen-bond donors (Lipinski definition) is 1. The number of carbonyl (C=O) groups is 1. The van der Waals surface area contributed by atoms with E-state index in [2.05, 4.69) is 5.32 Å². The quantitative estimate of drug-likeness (QED) is 0.600. The highest BCUT2D eigenvalue weighted by atomic mass is 19.1. The van der Waals surface area contributed by atoms with Crippen molar-refractivity contribution in [2.75, 3.05) is 6.54 Å². The number of rotatable bonds is 5.